The maximum atomic E-state index is 12.1. The summed E-state index contributed by atoms with van der Waals surface area (Å²) in [5.41, 5.74) is 0.216. The van der Waals surface area contributed by atoms with Gasteiger partial charge in [-0.3, -0.25) is 0 Å². The van der Waals surface area contributed by atoms with Crippen molar-refractivity contribution in [1.82, 2.24) is 9.88 Å². The van der Waals surface area contributed by atoms with E-state index in [9.17, 15) is 4.79 Å². The van der Waals surface area contributed by atoms with Crippen molar-refractivity contribution >= 4 is 48.9 Å². The van der Waals surface area contributed by atoms with Crippen molar-refractivity contribution in [2.45, 2.75) is 45.3 Å². The lowest BCUT2D eigenvalue weighted by atomic mass is 10.1. The Morgan fingerprint density at radius 2 is 2.00 bits per heavy atom. The first-order chi connectivity index (χ1) is 11.7. The summed E-state index contributed by atoms with van der Waals surface area (Å²) in [4.78, 5) is 18.3. The SMILES string of the molecule is CC(C)(C)OC(=O)N1CCC(Oc2nc(Br)c(Br)c3occc23)CC1. The zero-order valence-corrected chi connectivity index (χ0v) is 17.5. The molecule has 1 saturated heterocycles. The van der Waals surface area contributed by atoms with Gasteiger partial charge in [-0.05, 0) is 58.7 Å². The molecule has 1 fully saturated rings. The van der Waals surface area contributed by atoms with E-state index in [0.717, 1.165) is 22.7 Å². The van der Waals surface area contributed by atoms with Crippen LogP contribution in [0.1, 0.15) is 33.6 Å². The Morgan fingerprint density at radius 3 is 2.64 bits per heavy atom. The van der Waals surface area contributed by atoms with E-state index in [1.807, 2.05) is 26.8 Å². The van der Waals surface area contributed by atoms with Crippen LogP contribution < -0.4 is 4.74 Å². The van der Waals surface area contributed by atoms with Crippen LogP contribution in [0.4, 0.5) is 4.79 Å². The number of hydrogen-bond donors (Lipinski definition) is 0. The van der Waals surface area contributed by atoms with Gasteiger partial charge in [0, 0.05) is 25.9 Å². The number of nitrogens with zero attached hydrogens (tertiary/aromatic N) is 2. The van der Waals surface area contributed by atoms with Crippen molar-refractivity contribution in [2.75, 3.05) is 13.1 Å². The van der Waals surface area contributed by atoms with Crippen LogP contribution in [0, 0.1) is 0 Å². The topological polar surface area (TPSA) is 64.8 Å². The highest BCUT2D eigenvalue weighted by molar-refractivity contribution is 9.13. The fourth-order valence-electron chi connectivity index (χ4n) is 2.67. The summed E-state index contributed by atoms with van der Waals surface area (Å²) in [6.07, 6.45) is 2.80. The molecule has 2 aromatic heterocycles. The second-order valence-corrected chi connectivity index (χ2v) is 8.51. The fraction of sp³-hybridized carbons (Fsp3) is 0.529. The van der Waals surface area contributed by atoms with Gasteiger partial charge < -0.3 is 18.8 Å². The molecule has 1 amide bonds. The lowest BCUT2D eigenvalue weighted by Crippen LogP contribution is -2.44. The third-order valence-electron chi connectivity index (χ3n) is 3.85. The molecule has 0 aromatic carbocycles. The average Bonchev–Trinajstić information content (AvgIpc) is 3.01. The molecule has 0 spiro atoms. The zero-order valence-electron chi connectivity index (χ0n) is 14.3. The number of rotatable bonds is 2. The predicted octanol–water partition coefficient (Wildman–Crippen LogP) is 5.13. The molecular weight excluding hydrogens is 456 g/mol. The number of amides is 1. The highest BCUT2D eigenvalue weighted by Crippen LogP contribution is 2.36. The molecule has 0 unspecified atom stereocenters. The lowest BCUT2D eigenvalue weighted by Gasteiger charge is -2.33. The van der Waals surface area contributed by atoms with Crippen molar-refractivity contribution in [1.29, 1.82) is 0 Å². The molecule has 1 aliphatic rings. The average molecular weight is 476 g/mol. The number of piperidine rings is 1. The smallest absolute Gasteiger partial charge is 0.410 e. The summed E-state index contributed by atoms with van der Waals surface area (Å²) in [7, 11) is 0. The summed E-state index contributed by atoms with van der Waals surface area (Å²) >= 11 is 6.86. The molecule has 3 rings (SSSR count). The van der Waals surface area contributed by atoms with Crippen molar-refractivity contribution in [3.05, 3.63) is 21.4 Å². The largest absolute Gasteiger partial charge is 0.474 e. The molecule has 0 saturated carbocycles. The highest BCUT2D eigenvalue weighted by atomic mass is 79.9. The van der Waals surface area contributed by atoms with Crippen LogP contribution >= 0.6 is 31.9 Å². The van der Waals surface area contributed by atoms with Crippen LogP contribution in [-0.2, 0) is 4.74 Å². The van der Waals surface area contributed by atoms with Gasteiger partial charge in [0.15, 0.2) is 5.58 Å². The number of fused-ring (bicyclic) bond motifs is 1. The van der Waals surface area contributed by atoms with E-state index in [0.29, 0.717) is 29.2 Å². The summed E-state index contributed by atoms with van der Waals surface area (Å²) < 4.78 is 18.4. The maximum absolute atomic E-state index is 12.1. The standard InChI is InChI=1S/C17H20Br2N2O4/c1-17(2,3)25-16(22)21-7-4-10(5-8-21)24-15-11-6-9-23-13(11)12(18)14(19)20-15/h6,9-10H,4-5,7-8H2,1-3H3. The molecule has 136 valence electrons. The predicted molar refractivity (Wildman–Crippen MR) is 101 cm³/mol. The van der Waals surface area contributed by atoms with Crippen LogP contribution in [0.3, 0.4) is 0 Å². The maximum Gasteiger partial charge on any atom is 0.410 e. The van der Waals surface area contributed by atoms with Gasteiger partial charge in [0.2, 0.25) is 5.88 Å². The van der Waals surface area contributed by atoms with Gasteiger partial charge in [-0.15, -0.1) is 0 Å². The third kappa shape index (κ3) is 4.28. The number of carbonyl (C=O) groups excluding carboxylic acids is 1. The second-order valence-electron chi connectivity index (χ2n) is 6.97. The lowest BCUT2D eigenvalue weighted by molar-refractivity contribution is 0.0124. The van der Waals surface area contributed by atoms with E-state index >= 15 is 0 Å². The first-order valence-corrected chi connectivity index (χ1v) is 9.70. The number of furan rings is 1. The van der Waals surface area contributed by atoms with Gasteiger partial charge in [0.1, 0.15) is 16.3 Å². The molecule has 0 aliphatic carbocycles. The number of ether oxygens (including phenoxy) is 2. The normalized spacial score (nSPS) is 16.3. The molecule has 3 heterocycles. The molecule has 25 heavy (non-hydrogen) atoms. The van der Waals surface area contributed by atoms with E-state index in [1.165, 1.54) is 0 Å². The van der Waals surface area contributed by atoms with Crippen molar-refractivity contribution in [3.63, 3.8) is 0 Å². The van der Waals surface area contributed by atoms with Gasteiger partial charge in [0.05, 0.1) is 16.1 Å². The Hall–Kier alpha value is -1.28. The number of hydrogen-bond acceptors (Lipinski definition) is 5. The van der Waals surface area contributed by atoms with E-state index in [1.54, 1.807) is 11.2 Å². The van der Waals surface area contributed by atoms with Crippen LogP contribution in [-0.4, -0.2) is 40.8 Å². The highest BCUT2D eigenvalue weighted by Gasteiger charge is 2.28. The van der Waals surface area contributed by atoms with Crippen molar-refractivity contribution in [2.24, 2.45) is 0 Å². The zero-order chi connectivity index (χ0) is 18.2. The van der Waals surface area contributed by atoms with E-state index < -0.39 is 5.60 Å². The van der Waals surface area contributed by atoms with Gasteiger partial charge >= 0.3 is 6.09 Å². The molecule has 8 heteroatoms. The summed E-state index contributed by atoms with van der Waals surface area (Å²) in [6.45, 7) is 6.81. The molecule has 6 nitrogen and oxygen atoms in total. The first kappa shape index (κ1) is 18.5. The van der Waals surface area contributed by atoms with Crippen LogP contribution in [0.15, 0.2) is 25.8 Å². The van der Waals surface area contributed by atoms with Gasteiger partial charge in [-0.1, -0.05) is 0 Å². The molecular formula is C17H20Br2N2O4. The molecule has 0 atom stereocenters. The number of halogens is 2. The Morgan fingerprint density at radius 1 is 1.32 bits per heavy atom. The van der Waals surface area contributed by atoms with E-state index in [-0.39, 0.29) is 12.2 Å². The Bertz CT molecular complexity index is 777. The van der Waals surface area contributed by atoms with Crippen molar-refractivity contribution in [3.8, 4) is 5.88 Å². The van der Waals surface area contributed by atoms with Crippen LogP contribution in [0.5, 0.6) is 5.88 Å². The number of carbonyl (C=O) groups is 1. The molecule has 0 radical (unpaired) electrons. The minimum absolute atomic E-state index is 0.00244. The Kier molecular flexibility index (Phi) is 5.29. The second kappa shape index (κ2) is 7.15. The van der Waals surface area contributed by atoms with Gasteiger partial charge in [-0.2, -0.15) is 0 Å². The van der Waals surface area contributed by atoms with E-state index in [2.05, 4.69) is 36.8 Å². The quantitative estimate of drug-likeness (QED) is 0.563. The monoisotopic (exact) mass is 474 g/mol. The van der Waals surface area contributed by atoms with E-state index in [4.69, 9.17) is 13.9 Å². The molecule has 0 bridgehead atoms. The minimum atomic E-state index is -0.481. The summed E-state index contributed by atoms with van der Waals surface area (Å²) in [5, 5.41) is 0.824. The summed E-state index contributed by atoms with van der Waals surface area (Å²) in [6, 6.07) is 1.84. The first-order valence-electron chi connectivity index (χ1n) is 8.11. The Balaban J connectivity index is 1.64. The number of aromatic nitrogens is 1. The minimum Gasteiger partial charge on any atom is -0.474 e. The third-order valence-corrected chi connectivity index (χ3v) is 5.69. The number of likely N-dealkylation sites (tertiary alicyclic amines) is 1. The fourth-order valence-corrected chi connectivity index (χ4v) is 3.41. The molecule has 0 N–H and O–H groups in total. The van der Waals surface area contributed by atoms with Crippen LogP contribution in [0.25, 0.3) is 11.0 Å². The molecule has 1 aliphatic heterocycles. The van der Waals surface area contributed by atoms with Gasteiger partial charge in [0.25, 0.3) is 0 Å². The number of pyridine rings is 1. The van der Waals surface area contributed by atoms with Crippen molar-refractivity contribution < 1.29 is 18.7 Å². The van der Waals surface area contributed by atoms with Crippen LogP contribution in [0.2, 0.25) is 0 Å². The summed E-state index contributed by atoms with van der Waals surface area (Å²) in [5.74, 6) is 0.537. The Labute approximate surface area is 163 Å². The van der Waals surface area contributed by atoms with Gasteiger partial charge in [-0.25, -0.2) is 9.78 Å². The molecule has 2 aromatic rings.